The maximum Gasteiger partial charge on any atom is 0.272 e. The number of amides is 1. The van der Waals surface area contributed by atoms with Crippen LogP contribution >= 0.6 is 0 Å². The molecule has 19 heavy (non-hydrogen) atoms. The summed E-state index contributed by atoms with van der Waals surface area (Å²) in [5.74, 6) is 0.741. The molecule has 2 heterocycles. The number of anilines is 1. The lowest BCUT2D eigenvalue weighted by atomic mass is 10.1. The Hall–Kier alpha value is -1.62. The van der Waals surface area contributed by atoms with E-state index in [2.05, 4.69) is 36.1 Å². The second-order valence-electron chi connectivity index (χ2n) is 5.23. The molecule has 1 aromatic heterocycles. The fourth-order valence-corrected chi connectivity index (χ4v) is 2.43. The van der Waals surface area contributed by atoms with E-state index in [1.54, 1.807) is 13.1 Å². The Bertz CT molecular complexity index is 451. The predicted octanol–water partition coefficient (Wildman–Crippen LogP) is 1.29. The van der Waals surface area contributed by atoms with E-state index in [1.807, 2.05) is 17.0 Å². The van der Waals surface area contributed by atoms with Crippen LogP contribution in [0.15, 0.2) is 18.2 Å². The van der Waals surface area contributed by atoms with Gasteiger partial charge in [-0.3, -0.25) is 9.69 Å². The molecule has 1 amide bonds. The van der Waals surface area contributed by atoms with Gasteiger partial charge in [-0.2, -0.15) is 0 Å². The molecule has 1 saturated heterocycles. The van der Waals surface area contributed by atoms with Crippen molar-refractivity contribution in [1.82, 2.24) is 14.8 Å². The molecule has 2 rings (SSSR count). The number of likely N-dealkylation sites (N-methyl/N-ethyl adjacent to an activating group) is 1. The topological polar surface area (TPSA) is 48.5 Å². The van der Waals surface area contributed by atoms with Crippen LogP contribution in [0.3, 0.4) is 0 Å². The van der Waals surface area contributed by atoms with Gasteiger partial charge in [0, 0.05) is 32.2 Å². The van der Waals surface area contributed by atoms with Crippen LogP contribution in [0.2, 0.25) is 0 Å². The second kappa shape index (κ2) is 5.57. The maximum atomic E-state index is 12.5. The molecule has 1 aliphatic heterocycles. The first-order valence-corrected chi connectivity index (χ1v) is 6.69. The van der Waals surface area contributed by atoms with Crippen molar-refractivity contribution in [1.29, 1.82) is 0 Å². The van der Waals surface area contributed by atoms with E-state index in [1.165, 1.54) is 0 Å². The van der Waals surface area contributed by atoms with E-state index in [9.17, 15) is 4.79 Å². The zero-order valence-electron chi connectivity index (χ0n) is 12.1. The molecule has 1 N–H and O–H groups in total. The van der Waals surface area contributed by atoms with Gasteiger partial charge in [0.2, 0.25) is 0 Å². The number of nitrogens with zero attached hydrogens (tertiary/aromatic N) is 3. The normalized spacial score (nSPS) is 24.3. The minimum absolute atomic E-state index is 0.0175. The quantitative estimate of drug-likeness (QED) is 0.872. The minimum Gasteiger partial charge on any atom is -0.373 e. The third-order valence-electron chi connectivity index (χ3n) is 3.87. The summed E-state index contributed by atoms with van der Waals surface area (Å²) in [5, 5.41) is 2.96. The van der Waals surface area contributed by atoms with Gasteiger partial charge >= 0.3 is 0 Å². The molecule has 5 heteroatoms. The first-order chi connectivity index (χ1) is 9.02. The van der Waals surface area contributed by atoms with E-state index in [0.29, 0.717) is 17.8 Å². The molecule has 2 unspecified atom stereocenters. The molecule has 0 radical (unpaired) electrons. The molecule has 0 spiro atoms. The van der Waals surface area contributed by atoms with Gasteiger partial charge in [0.15, 0.2) is 0 Å². The molecule has 104 valence electrons. The average Bonchev–Trinajstić information content (AvgIpc) is 2.43. The Morgan fingerprint density at radius 3 is 2.53 bits per heavy atom. The number of pyridine rings is 1. The Kier molecular flexibility index (Phi) is 4.04. The molecule has 1 fully saturated rings. The van der Waals surface area contributed by atoms with Crippen molar-refractivity contribution < 1.29 is 4.79 Å². The number of rotatable bonds is 2. The van der Waals surface area contributed by atoms with Crippen LogP contribution in [0, 0.1) is 0 Å². The van der Waals surface area contributed by atoms with E-state index in [-0.39, 0.29) is 5.91 Å². The second-order valence-corrected chi connectivity index (χ2v) is 5.23. The molecule has 0 aliphatic carbocycles. The Morgan fingerprint density at radius 1 is 1.32 bits per heavy atom. The van der Waals surface area contributed by atoms with Crippen LogP contribution in [-0.2, 0) is 0 Å². The molecule has 1 aliphatic rings. The first-order valence-electron chi connectivity index (χ1n) is 6.69. The number of hydrogen-bond acceptors (Lipinski definition) is 4. The lowest BCUT2D eigenvalue weighted by Gasteiger charge is -2.42. The zero-order chi connectivity index (χ0) is 14.0. The Balaban J connectivity index is 2.15. The van der Waals surface area contributed by atoms with Gasteiger partial charge in [0.05, 0.1) is 0 Å². The van der Waals surface area contributed by atoms with E-state index in [0.717, 1.165) is 18.9 Å². The van der Waals surface area contributed by atoms with E-state index in [4.69, 9.17) is 0 Å². The average molecular weight is 262 g/mol. The lowest BCUT2D eigenvalue weighted by molar-refractivity contribution is 0.0409. The lowest BCUT2D eigenvalue weighted by Crippen LogP contribution is -2.56. The summed E-state index contributed by atoms with van der Waals surface area (Å²) in [6.07, 6.45) is 0. The molecule has 1 aromatic rings. The largest absolute Gasteiger partial charge is 0.373 e. The van der Waals surface area contributed by atoms with Crippen LogP contribution in [-0.4, -0.2) is 60.0 Å². The highest BCUT2D eigenvalue weighted by molar-refractivity contribution is 5.92. The highest BCUT2D eigenvalue weighted by Gasteiger charge is 2.30. The number of carbonyl (C=O) groups is 1. The van der Waals surface area contributed by atoms with Crippen molar-refractivity contribution in [2.45, 2.75) is 25.9 Å². The van der Waals surface area contributed by atoms with Crippen LogP contribution in [0.1, 0.15) is 24.3 Å². The summed E-state index contributed by atoms with van der Waals surface area (Å²) in [6.45, 7) is 5.80. The number of piperazine rings is 1. The summed E-state index contributed by atoms with van der Waals surface area (Å²) in [5.41, 5.74) is 0.510. The highest BCUT2D eigenvalue weighted by atomic mass is 16.2. The monoisotopic (exact) mass is 262 g/mol. The third kappa shape index (κ3) is 2.87. The summed E-state index contributed by atoms with van der Waals surface area (Å²) < 4.78 is 0. The SMILES string of the molecule is CNc1cccc(C(=O)N2CC(C)N(C)C(C)C2)n1. The van der Waals surface area contributed by atoms with Gasteiger partial charge in [-0.1, -0.05) is 6.07 Å². The van der Waals surface area contributed by atoms with Crippen LogP contribution < -0.4 is 5.32 Å². The molecule has 0 bridgehead atoms. The molecule has 5 nitrogen and oxygen atoms in total. The number of hydrogen-bond donors (Lipinski definition) is 1. The van der Waals surface area contributed by atoms with E-state index >= 15 is 0 Å². The standard InChI is InChI=1S/C14H22N4O/c1-10-8-18(9-11(2)17(10)4)14(19)12-6-5-7-13(15-3)16-12/h5-7,10-11H,8-9H2,1-4H3,(H,15,16). The van der Waals surface area contributed by atoms with Crippen molar-refractivity contribution in [3.8, 4) is 0 Å². The van der Waals surface area contributed by atoms with Gasteiger partial charge < -0.3 is 10.2 Å². The number of carbonyl (C=O) groups excluding carboxylic acids is 1. The zero-order valence-corrected chi connectivity index (χ0v) is 12.1. The first kappa shape index (κ1) is 13.8. The summed E-state index contributed by atoms with van der Waals surface area (Å²) in [7, 11) is 3.91. The van der Waals surface area contributed by atoms with Crippen molar-refractivity contribution in [3.63, 3.8) is 0 Å². The fraction of sp³-hybridized carbons (Fsp3) is 0.571. The van der Waals surface area contributed by atoms with Gasteiger partial charge in [0.25, 0.3) is 5.91 Å². The third-order valence-corrected chi connectivity index (χ3v) is 3.87. The number of nitrogens with one attached hydrogen (secondary N) is 1. The molecular weight excluding hydrogens is 240 g/mol. The summed E-state index contributed by atoms with van der Waals surface area (Å²) >= 11 is 0. The van der Waals surface area contributed by atoms with Crippen molar-refractivity contribution in [2.75, 3.05) is 32.5 Å². The van der Waals surface area contributed by atoms with Gasteiger partial charge in [-0.25, -0.2) is 4.98 Å². The van der Waals surface area contributed by atoms with Crippen molar-refractivity contribution in [2.24, 2.45) is 0 Å². The smallest absolute Gasteiger partial charge is 0.272 e. The van der Waals surface area contributed by atoms with Crippen LogP contribution in [0.5, 0.6) is 0 Å². The predicted molar refractivity (Wildman–Crippen MR) is 76.4 cm³/mol. The molecule has 2 atom stereocenters. The number of aromatic nitrogens is 1. The molecule has 0 aromatic carbocycles. The van der Waals surface area contributed by atoms with Crippen LogP contribution in [0.4, 0.5) is 5.82 Å². The molecular formula is C14H22N4O. The Labute approximate surface area is 114 Å². The minimum atomic E-state index is 0.0175. The Morgan fingerprint density at radius 2 is 1.95 bits per heavy atom. The van der Waals surface area contributed by atoms with Crippen LogP contribution in [0.25, 0.3) is 0 Å². The summed E-state index contributed by atoms with van der Waals surface area (Å²) in [4.78, 5) is 21.0. The maximum absolute atomic E-state index is 12.5. The van der Waals surface area contributed by atoms with Crippen molar-refractivity contribution >= 4 is 11.7 Å². The fourth-order valence-electron chi connectivity index (χ4n) is 2.43. The van der Waals surface area contributed by atoms with Crippen molar-refractivity contribution in [3.05, 3.63) is 23.9 Å². The van der Waals surface area contributed by atoms with Gasteiger partial charge in [-0.15, -0.1) is 0 Å². The van der Waals surface area contributed by atoms with Gasteiger partial charge in [-0.05, 0) is 33.0 Å². The van der Waals surface area contributed by atoms with E-state index < -0.39 is 0 Å². The highest BCUT2D eigenvalue weighted by Crippen LogP contribution is 2.16. The molecule has 0 saturated carbocycles. The summed E-state index contributed by atoms with van der Waals surface area (Å²) in [6, 6.07) is 6.23. The van der Waals surface area contributed by atoms with Gasteiger partial charge in [0.1, 0.15) is 11.5 Å².